The van der Waals surface area contributed by atoms with Crippen molar-refractivity contribution in [3.8, 4) is 0 Å². The molecule has 1 aliphatic heterocycles. The molecule has 4 heterocycles. The predicted molar refractivity (Wildman–Crippen MR) is 131 cm³/mol. The fourth-order valence-corrected chi connectivity index (χ4v) is 4.75. The molecule has 3 aromatic heterocycles. The number of benzene rings is 1. The Morgan fingerprint density at radius 3 is 2.76 bits per heavy atom. The highest BCUT2D eigenvalue weighted by Gasteiger charge is 2.23. The quantitative estimate of drug-likeness (QED) is 0.336. The number of fused-ring (bicyclic) bond motifs is 3. The molecule has 1 fully saturated rings. The molecule has 10 nitrogen and oxygen atoms in total. The van der Waals surface area contributed by atoms with Crippen LogP contribution in [0.2, 0.25) is 0 Å². The minimum absolute atomic E-state index is 0.0961. The summed E-state index contributed by atoms with van der Waals surface area (Å²) in [6, 6.07) is 7.54. The fourth-order valence-electron chi connectivity index (χ4n) is 4.47. The van der Waals surface area contributed by atoms with Gasteiger partial charge in [0.25, 0.3) is 11.5 Å². The Kier molecular flexibility index (Phi) is 5.88. The van der Waals surface area contributed by atoms with Crippen LogP contribution in [-0.2, 0) is 20.3 Å². The second-order valence-electron chi connectivity index (χ2n) is 8.55. The van der Waals surface area contributed by atoms with Crippen LogP contribution in [0.25, 0.3) is 16.7 Å². The first-order valence-electron chi connectivity index (χ1n) is 11.2. The van der Waals surface area contributed by atoms with Crippen molar-refractivity contribution >= 4 is 34.8 Å². The van der Waals surface area contributed by atoms with Crippen LogP contribution in [0.15, 0.2) is 54.1 Å². The number of nitrogens with one attached hydrogen (secondary N) is 1. The van der Waals surface area contributed by atoms with Crippen molar-refractivity contribution in [1.29, 1.82) is 0 Å². The Hall–Kier alpha value is -3.57. The van der Waals surface area contributed by atoms with Crippen LogP contribution in [0.5, 0.6) is 0 Å². The molecule has 1 aromatic carbocycles. The normalized spacial score (nSPS) is 15.2. The summed E-state index contributed by atoms with van der Waals surface area (Å²) in [5.41, 5.74) is 1.20. The van der Waals surface area contributed by atoms with Crippen molar-refractivity contribution in [2.45, 2.75) is 32.1 Å². The van der Waals surface area contributed by atoms with Gasteiger partial charge >= 0.3 is 0 Å². The zero-order valence-corrected chi connectivity index (χ0v) is 19.7. The summed E-state index contributed by atoms with van der Waals surface area (Å²) in [7, 11) is 1.79. The zero-order valence-electron chi connectivity index (χ0n) is 18.9. The van der Waals surface area contributed by atoms with Gasteiger partial charge in [0, 0.05) is 38.9 Å². The van der Waals surface area contributed by atoms with E-state index in [4.69, 9.17) is 17.3 Å². The smallest absolute Gasteiger partial charge is 0.263 e. The Balaban J connectivity index is 1.35. The maximum Gasteiger partial charge on any atom is 0.263 e. The summed E-state index contributed by atoms with van der Waals surface area (Å²) in [6.07, 6.45) is 6.63. The molecule has 0 aliphatic carbocycles. The van der Waals surface area contributed by atoms with E-state index in [0.717, 1.165) is 31.4 Å². The van der Waals surface area contributed by atoms with Crippen LogP contribution in [-0.4, -0.2) is 58.5 Å². The molecule has 176 valence electrons. The Morgan fingerprint density at radius 2 is 2.06 bits per heavy atom. The fraction of sp³-hybridized carbons (Fsp3) is 0.348. The van der Waals surface area contributed by atoms with E-state index in [-0.39, 0.29) is 17.5 Å². The van der Waals surface area contributed by atoms with Crippen molar-refractivity contribution in [2.24, 2.45) is 7.05 Å². The monoisotopic (exact) mass is 478 g/mol. The van der Waals surface area contributed by atoms with Crippen LogP contribution >= 0.6 is 12.2 Å². The molecule has 34 heavy (non-hydrogen) atoms. The molecule has 0 bridgehead atoms. The number of nitrogens with zero attached hydrogens (tertiary/aromatic N) is 7. The molecular weight excluding hydrogens is 452 g/mol. The van der Waals surface area contributed by atoms with Crippen molar-refractivity contribution in [1.82, 2.24) is 38.7 Å². The van der Waals surface area contributed by atoms with E-state index in [2.05, 4.69) is 21.9 Å². The molecule has 0 saturated carbocycles. The largest absolute Gasteiger partial charge is 0.349 e. The van der Waals surface area contributed by atoms with Gasteiger partial charge in [0.2, 0.25) is 10.5 Å². The number of hydrogen-bond acceptors (Lipinski definition) is 6. The standard InChI is InChI=1S/C23H26N8O2S/c1-3-10-29-21(33)18-6-4-5-7-19(18)31-22(29)26-30(23(31)34)15-28-11-8-17(9-12-28)25-20(32)16-13-24-27(2)14-16/h3-7,13-14,17H,1,8-12,15H2,2H3,(H,25,32). The first-order valence-corrected chi connectivity index (χ1v) is 11.6. The lowest BCUT2D eigenvalue weighted by molar-refractivity contribution is 0.0896. The molecular formula is C23H26N8O2S. The summed E-state index contributed by atoms with van der Waals surface area (Å²) < 4.78 is 7.38. The molecule has 5 rings (SSSR count). The maximum absolute atomic E-state index is 13.0. The highest BCUT2D eigenvalue weighted by molar-refractivity contribution is 7.71. The van der Waals surface area contributed by atoms with Gasteiger partial charge < -0.3 is 5.32 Å². The van der Waals surface area contributed by atoms with Crippen molar-refractivity contribution in [3.63, 3.8) is 0 Å². The van der Waals surface area contributed by atoms with Crippen molar-refractivity contribution < 1.29 is 4.79 Å². The topological polar surface area (TPSA) is 94.4 Å². The van der Waals surface area contributed by atoms with Crippen LogP contribution in [0.4, 0.5) is 0 Å². The highest BCUT2D eigenvalue weighted by atomic mass is 32.1. The molecule has 0 atom stereocenters. The number of allylic oxidation sites excluding steroid dienone is 1. The summed E-state index contributed by atoms with van der Waals surface area (Å²) in [6.45, 7) is 6.24. The lowest BCUT2D eigenvalue weighted by Gasteiger charge is -2.31. The second-order valence-corrected chi connectivity index (χ2v) is 8.91. The van der Waals surface area contributed by atoms with Gasteiger partial charge in [0.15, 0.2) is 0 Å². The van der Waals surface area contributed by atoms with E-state index in [1.807, 2.05) is 22.6 Å². The third kappa shape index (κ3) is 3.97. The SMILES string of the molecule is C=CCn1c(=O)c2ccccc2n2c(=S)n(CN3CCC(NC(=O)c4cnn(C)c4)CC3)nc12. The van der Waals surface area contributed by atoms with Crippen molar-refractivity contribution in [2.75, 3.05) is 13.1 Å². The number of aryl methyl sites for hydroxylation is 1. The van der Waals surface area contributed by atoms with Gasteiger partial charge in [-0.2, -0.15) is 5.10 Å². The number of para-hydroxylation sites is 1. The average Bonchev–Trinajstić information content (AvgIpc) is 3.41. The van der Waals surface area contributed by atoms with Gasteiger partial charge in [0.1, 0.15) is 0 Å². The van der Waals surface area contributed by atoms with Crippen molar-refractivity contribution in [3.05, 3.63) is 70.0 Å². The lowest BCUT2D eigenvalue weighted by atomic mass is 10.1. The third-order valence-electron chi connectivity index (χ3n) is 6.22. The van der Waals surface area contributed by atoms with Gasteiger partial charge in [-0.3, -0.25) is 28.1 Å². The highest BCUT2D eigenvalue weighted by Crippen LogP contribution is 2.16. The Morgan fingerprint density at radius 1 is 1.29 bits per heavy atom. The minimum Gasteiger partial charge on any atom is -0.349 e. The summed E-state index contributed by atoms with van der Waals surface area (Å²) >= 11 is 5.78. The molecule has 1 amide bonds. The minimum atomic E-state index is -0.111. The number of carbonyl (C=O) groups excluding carboxylic acids is 1. The molecule has 1 saturated heterocycles. The molecule has 1 N–H and O–H groups in total. The number of piperidine rings is 1. The second kappa shape index (κ2) is 8.99. The number of rotatable bonds is 6. The van der Waals surface area contributed by atoms with E-state index in [9.17, 15) is 9.59 Å². The number of aromatic nitrogens is 6. The molecule has 1 aliphatic rings. The predicted octanol–water partition coefficient (Wildman–Crippen LogP) is 1.95. The van der Waals surface area contributed by atoms with Gasteiger partial charge in [0.05, 0.1) is 29.3 Å². The number of hydrogen-bond donors (Lipinski definition) is 1. The molecule has 0 spiro atoms. The molecule has 11 heteroatoms. The number of likely N-dealkylation sites (tertiary alicyclic amines) is 1. The average molecular weight is 479 g/mol. The van der Waals surface area contributed by atoms with E-state index < -0.39 is 0 Å². The van der Waals surface area contributed by atoms with Gasteiger partial charge in [-0.25, -0.2) is 4.68 Å². The van der Waals surface area contributed by atoms with E-state index in [0.29, 0.717) is 34.7 Å². The van der Waals surface area contributed by atoms with Gasteiger partial charge in [-0.1, -0.05) is 18.2 Å². The van der Waals surface area contributed by atoms with Crippen LogP contribution in [0.3, 0.4) is 0 Å². The maximum atomic E-state index is 13.0. The third-order valence-corrected chi connectivity index (χ3v) is 6.61. The van der Waals surface area contributed by atoms with Crippen LogP contribution < -0.4 is 10.9 Å². The molecule has 0 unspecified atom stereocenters. The van der Waals surface area contributed by atoms with E-state index in [1.54, 1.807) is 45.5 Å². The van der Waals surface area contributed by atoms with Crippen LogP contribution in [0, 0.1) is 4.77 Å². The van der Waals surface area contributed by atoms with Gasteiger partial charge in [-0.05, 0) is 37.2 Å². The lowest BCUT2D eigenvalue weighted by Crippen LogP contribution is -2.45. The molecule has 4 aromatic rings. The van der Waals surface area contributed by atoms with E-state index >= 15 is 0 Å². The number of carbonyl (C=O) groups is 1. The Bertz CT molecular complexity index is 1500. The first kappa shape index (κ1) is 22.2. The zero-order chi connectivity index (χ0) is 23.8. The summed E-state index contributed by atoms with van der Waals surface area (Å²) in [4.78, 5) is 27.7. The van der Waals surface area contributed by atoms with Crippen LogP contribution in [0.1, 0.15) is 23.2 Å². The summed E-state index contributed by atoms with van der Waals surface area (Å²) in [5.74, 6) is 0.411. The van der Waals surface area contributed by atoms with E-state index in [1.165, 1.54) is 0 Å². The van der Waals surface area contributed by atoms with Gasteiger partial charge in [-0.15, -0.1) is 11.7 Å². The summed E-state index contributed by atoms with van der Waals surface area (Å²) in [5, 5.41) is 12.5. The number of amides is 1. The first-order chi connectivity index (χ1) is 16.5. The Labute approximate surface area is 200 Å². The molecule has 0 radical (unpaired) electrons.